The Morgan fingerprint density at radius 1 is 1.39 bits per heavy atom. The van der Waals surface area contributed by atoms with Gasteiger partial charge in [0.25, 0.3) is 5.91 Å². The number of nitrogens with zero attached hydrogens (tertiary/aromatic N) is 1. The van der Waals surface area contributed by atoms with Crippen LogP contribution in [-0.2, 0) is 0 Å². The average molecular weight is 269 g/mol. The van der Waals surface area contributed by atoms with Crippen LogP contribution >= 0.6 is 11.6 Å². The van der Waals surface area contributed by atoms with E-state index in [1.54, 1.807) is 17.0 Å². The SMILES string of the molecule is CN(C(=O)c1ccc(Cl)o1)C1CC2CCC(C1)N2. The van der Waals surface area contributed by atoms with Crippen molar-refractivity contribution in [2.45, 2.75) is 43.8 Å². The van der Waals surface area contributed by atoms with Crippen LogP contribution in [0.25, 0.3) is 0 Å². The summed E-state index contributed by atoms with van der Waals surface area (Å²) in [5.41, 5.74) is 0. The maximum Gasteiger partial charge on any atom is 0.289 e. The Hall–Kier alpha value is -1.00. The first kappa shape index (κ1) is 12.1. The first-order valence-corrected chi connectivity index (χ1v) is 6.80. The Morgan fingerprint density at radius 3 is 2.61 bits per heavy atom. The topological polar surface area (TPSA) is 45.5 Å². The molecule has 2 fully saturated rings. The van der Waals surface area contributed by atoms with E-state index in [9.17, 15) is 4.79 Å². The molecular formula is C13H17ClN2O2. The minimum absolute atomic E-state index is 0.0757. The largest absolute Gasteiger partial charge is 0.440 e. The van der Waals surface area contributed by atoms with E-state index in [2.05, 4.69) is 5.32 Å². The molecule has 2 atom stereocenters. The average Bonchev–Trinajstić information content (AvgIpc) is 2.94. The molecule has 2 unspecified atom stereocenters. The van der Waals surface area contributed by atoms with Crippen molar-refractivity contribution in [3.05, 3.63) is 23.1 Å². The molecule has 0 aliphatic carbocycles. The van der Waals surface area contributed by atoms with E-state index in [1.165, 1.54) is 12.8 Å². The van der Waals surface area contributed by atoms with Gasteiger partial charge in [-0.3, -0.25) is 4.79 Å². The minimum Gasteiger partial charge on any atom is -0.440 e. The van der Waals surface area contributed by atoms with E-state index in [1.807, 2.05) is 7.05 Å². The molecule has 0 aromatic carbocycles. The number of fused-ring (bicyclic) bond motifs is 2. The van der Waals surface area contributed by atoms with Crippen LogP contribution in [0, 0.1) is 0 Å². The zero-order valence-corrected chi connectivity index (χ0v) is 11.1. The second kappa shape index (κ2) is 4.59. The summed E-state index contributed by atoms with van der Waals surface area (Å²) in [7, 11) is 1.86. The molecule has 1 amide bonds. The number of rotatable bonds is 2. The molecule has 2 aliphatic heterocycles. The third-order valence-electron chi connectivity index (χ3n) is 4.10. The summed E-state index contributed by atoms with van der Waals surface area (Å²) in [6.07, 6.45) is 4.53. The van der Waals surface area contributed by atoms with E-state index in [0.717, 1.165) is 12.8 Å². The zero-order valence-electron chi connectivity index (χ0n) is 10.4. The molecule has 0 saturated carbocycles. The second-order valence-electron chi connectivity index (χ2n) is 5.28. The van der Waals surface area contributed by atoms with Crippen LogP contribution in [0.3, 0.4) is 0 Å². The monoisotopic (exact) mass is 268 g/mol. The highest BCUT2D eigenvalue weighted by Crippen LogP contribution is 2.30. The molecule has 5 heteroatoms. The number of hydrogen-bond acceptors (Lipinski definition) is 3. The van der Waals surface area contributed by atoms with Crippen molar-refractivity contribution in [1.82, 2.24) is 10.2 Å². The maximum atomic E-state index is 12.2. The Labute approximate surface area is 111 Å². The number of piperidine rings is 1. The van der Waals surface area contributed by atoms with E-state index < -0.39 is 0 Å². The lowest BCUT2D eigenvalue weighted by Gasteiger charge is -2.35. The van der Waals surface area contributed by atoms with E-state index in [-0.39, 0.29) is 11.1 Å². The molecule has 2 bridgehead atoms. The molecule has 2 aliphatic rings. The smallest absolute Gasteiger partial charge is 0.289 e. The predicted octanol–water partition coefficient (Wildman–Crippen LogP) is 2.29. The Morgan fingerprint density at radius 2 is 2.06 bits per heavy atom. The van der Waals surface area contributed by atoms with Crippen LogP contribution in [0.1, 0.15) is 36.2 Å². The van der Waals surface area contributed by atoms with Crippen LogP contribution in [0.2, 0.25) is 5.22 Å². The zero-order chi connectivity index (χ0) is 12.7. The highest BCUT2D eigenvalue weighted by atomic mass is 35.5. The van der Waals surface area contributed by atoms with Crippen LogP contribution in [-0.4, -0.2) is 36.0 Å². The van der Waals surface area contributed by atoms with Crippen LogP contribution in [0.15, 0.2) is 16.5 Å². The third-order valence-corrected chi connectivity index (χ3v) is 4.30. The molecule has 98 valence electrons. The molecule has 4 nitrogen and oxygen atoms in total. The number of carbonyl (C=O) groups excluding carboxylic acids is 1. The van der Waals surface area contributed by atoms with Crippen molar-refractivity contribution in [2.75, 3.05) is 7.05 Å². The van der Waals surface area contributed by atoms with Gasteiger partial charge in [0.15, 0.2) is 11.0 Å². The summed E-state index contributed by atoms with van der Waals surface area (Å²) in [5, 5.41) is 3.84. The number of amides is 1. The lowest BCUT2D eigenvalue weighted by atomic mass is 9.98. The second-order valence-corrected chi connectivity index (χ2v) is 5.66. The van der Waals surface area contributed by atoms with Crippen molar-refractivity contribution in [1.29, 1.82) is 0 Å². The van der Waals surface area contributed by atoms with Gasteiger partial charge in [0, 0.05) is 25.2 Å². The lowest BCUT2D eigenvalue weighted by Crippen LogP contribution is -2.48. The summed E-state index contributed by atoms with van der Waals surface area (Å²) >= 11 is 5.70. The molecule has 1 aromatic heterocycles. The fourth-order valence-corrected chi connectivity index (χ4v) is 3.26. The van der Waals surface area contributed by atoms with Gasteiger partial charge in [-0.15, -0.1) is 0 Å². The fraction of sp³-hybridized carbons (Fsp3) is 0.615. The van der Waals surface area contributed by atoms with Gasteiger partial charge >= 0.3 is 0 Å². The number of halogens is 1. The van der Waals surface area contributed by atoms with E-state index in [0.29, 0.717) is 23.9 Å². The number of furan rings is 1. The Kier molecular flexibility index (Phi) is 3.08. The highest BCUT2D eigenvalue weighted by Gasteiger charge is 2.36. The van der Waals surface area contributed by atoms with Crippen molar-refractivity contribution >= 4 is 17.5 Å². The Bertz CT molecular complexity index is 448. The summed E-state index contributed by atoms with van der Waals surface area (Å²) in [5.74, 6) is 0.251. The first-order valence-electron chi connectivity index (χ1n) is 6.42. The Balaban J connectivity index is 1.70. The van der Waals surface area contributed by atoms with E-state index >= 15 is 0 Å². The molecule has 3 heterocycles. The molecule has 0 spiro atoms. The van der Waals surface area contributed by atoms with Gasteiger partial charge in [0.2, 0.25) is 0 Å². The molecule has 18 heavy (non-hydrogen) atoms. The molecule has 2 saturated heterocycles. The summed E-state index contributed by atoms with van der Waals surface area (Å²) < 4.78 is 5.19. The van der Waals surface area contributed by atoms with Crippen molar-refractivity contribution in [2.24, 2.45) is 0 Å². The van der Waals surface area contributed by atoms with Gasteiger partial charge in [0.1, 0.15) is 0 Å². The number of hydrogen-bond donors (Lipinski definition) is 1. The molecule has 1 aromatic rings. The van der Waals surface area contributed by atoms with Gasteiger partial charge in [-0.1, -0.05) is 0 Å². The van der Waals surface area contributed by atoms with Crippen molar-refractivity contribution in [3.8, 4) is 0 Å². The standard InChI is InChI=1S/C13H17ClN2O2/c1-16(13(17)11-4-5-12(14)18-11)10-6-8-2-3-9(7-10)15-8/h4-5,8-10,15H,2-3,6-7H2,1H3. The molecular weight excluding hydrogens is 252 g/mol. The maximum absolute atomic E-state index is 12.2. The number of carbonyl (C=O) groups is 1. The highest BCUT2D eigenvalue weighted by molar-refractivity contribution is 6.29. The van der Waals surface area contributed by atoms with Crippen LogP contribution in [0.4, 0.5) is 0 Å². The normalized spacial score (nSPS) is 30.4. The summed E-state index contributed by atoms with van der Waals surface area (Å²) in [4.78, 5) is 14.1. The number of nitrogens with one attached hydrogen (secondary N) is 1. The van der Waals surface area contributed by atoms with Gasteiger partial charge in [-0.05, 0) is 49.4 Å². The molecule has 3 rings (SSSR count). The van der Waals surface area contributed by atoms with Gasteiger partial charge in [-0.25, -0.2) is 0 Å². The van der Waals surface area contributed by atoms with E-state index in [4.69, 9.17) is 16.0 Å². The lowest BCUT2D eigenvalue weighted by molar-refractivity contribution is 0.0650. The van der Waals surface area contributed by atoms with Gasteiger partial charge < -0.3 is 14.6 Å². The quantitative estimate of drug-likeness (QED) is 0.895. The molecule has 0 radical (unpaired) electrons. The summed E-state index contributed by atoms with van der Waals surface area (Å²) in [6, 6.07) is 4.69. The van der Waals surface area contributed by atoms with Crippen LogP contribution in [0.5, 0.6) is 0 Å². The van der Waals surface area contributed by atoms with Crippen molar-refractivity contribution < 1.29 is 9.21 Å². The molecule has 1 N–H and O–H groups in total. The minimum atomic E-state index is -0.0757. The van der Waals surface area contributed by atoms with Gasteiger partial charge in [0.05, 0.1) is 0 Å². The first-order chi connectivity index (χ1) is 8.63. The predicted molar refractivity (Wildman–Crippen MR) is 68.8 cm³/mol. The van der Waals surface area contributed by atoms with Crippen LogP contribution < -0.4 is 5.32 Å². The van der Waals surface area contributed by atoms with Gasteiger partial charge in [-0.2, -0.15) is 0 Å². The summed E-state index contributed by atoms with van der Waals surface area (Å²) in [6.45, 7) is 0. The fourth-order valence-electron chi connectivity index (χ4n) is 3.11. The third kappa shape index (κ3) is 2.15. The van der Waals surface area contributed by atoms with Crippen molar-refractivity contribution in [3.63, 3.8) is 0 Å².